The number of fused-ring (bicyclic) bond motifs is 1. The van der Waals surface area contributed by atoms with E-state index in [1.165, 1.54) is 24.3 Å². The number of rotatable bonds is 7. The maximum atomic E-state index is 14.8. The van der Waals surface area contributed by atoms with Crippen molar-refractivity contribution in [1.82, 2.24) is 19.2 Å². The molecular weight excluding hydrogens is 511 g/mol. The van der Waals surface area contributed by atoms with Gasteiger partial charge in [-0.15, -0.1) is 0 Å². The SMILES string of the molecule is CCN(C)SNc1ccc(F)c(Oc2ccc3ncn(C4CC5(CCNCC5)C4)c(=O)c3c2)c1C#N.S. The Hall–Kier alpha value is -2.78. The van der Waals surface area contributed by atoms with E-state index >= 15 is 0 Å². The van der Waals surface area contributed by atoms with Crippen LogP contribution in [0.4, 0.5) is 10.1 Å². The van der Waals surface area contributed by atoms with Gasteiger partial charge in [-0.25, -0.2) is 13.7 Å². The zero-order chi connectivity index (χ0) is 25.3. The molecule has 2 aromatic carbocycles. The van der Waals surface area contributed by atoms with Crippen molar-refractivity contribution < 1.29 is 9.13 Å². The van der Waals surface area contributed by atoms with Crippen molar-refractivity contribution in [2.45, 2.75) is 38.6 Å². The first kappa shape index (κ1) is 27.3. The average molecular weight is 543 g/mol. The number of ether oxygens (including phenoxy) is 1. The second-order valence-electron chi connectivity index (χ2n) is 9.60. The highest BCUT2D eigenvalue weighted by molar-refractivity contribution is 7.98. The predicted molar refractivity (Wildman–Crippen MR) is 150 cm³/mol. The van der Waals surface area contributed by atoms with Gasteiger partial charge in [0.05, 0.1) is 22.9 Å². The van der Waals surface area contributed by atoms with Crippen LogP contribution in [0.15, 0.2) is 41.5 Å². The number of nitrogens with zero attached hydrogens (tertiary/aromatic N) is 4. The van der Waals surface area contributed by atoms with Crippen LogP contribution in [0.2, 0.25) is 0 Å². The van der Waals surface area contributed by atoms with Crippen molar-refractivity contribution in [2.24, 2.45) is 5.41 Å². The summed E-state index contributed by atoms with van der Waals surface area (Å²) in [6.45, 7) is 4.85. The van der Waals surface area contributed by atoms with Crippen molar-refractivity contribution in [3.63, 3.8) is 0 Å². The van der Waals surface area contributed by atoms with Gasteiger partial charge in [0.1, 0.15) is 17.4 Å². The van der Waals surface area contributed by atoms with Crippen LogP contribution in [0.25, 0.3) is 10.9 Å². The molecule has 3 aromatic rings. The molecule has 0 atom stereocenters. The number of nitrogens with one attached hydrogen (secondary N) is 2. The van der Waals surface area contributed by atoms with E-state index in [0.29, 0.717) is 22.0 Å². The van der Waals surface area contributed by atoms with Crippen LogP contribution in [0.5, 0.6) is 11.5 Å². The van der Waals surface area contributed by atoms with Crippen molar-refractivity contribution in [2.75, 3.05) is 31.4 Å². The number of hydrogen-bond donors (Lipinski definition) is 2. The summed E-state index contributed by atoms with van der Waals surface area (Å²) in [6, 6.07) is 9.85. The molecule has 0 unspecified atom stereocenters. The standard InChI is InChI=1S/C26H29FN6O2S.H2S/c1-3-32(2)36-31-23-7-5-21(27)24(20(23)15-28)35-18-4-6-22-19(12-18)25(34)33(16-30-22)17-13-26(14-17)8-10-29-11-9-26;/h4-7,12,16-17,29,31H,3,8-11,13-14H2,1-2H3;1H2. The van der Waals surface area contributed by atoms with Crippen LogP contribution in [-0.4, -0.2) is 40.5 Å². The summed E-state index contributed by atoms with van der Waals surface area (Å²) in [4.78, 5) is 17.9. The third kappa shape index (κ3) is 5.43. The zero-order valence-electron chi connectivity index (χ0n) is 20.9. The minimum atomic E-state index is -0.656. The second kappa shape index (κ2) is 11.3. The quantitative estimate of drug-likeness (QED) is 0.405. The van der Waals surface area contributed by atoms with E-state index < -0.39 is 5.82 Å². The average Bonchev–Trinajstić information content (AvgIpc) is 2.88. The first-order chi connectivity index (χ1) is 17.4. The molecule has 0 amide bonds. The van der Waals surface area contributed by atoms with E-state index in [1.807, 2.05) is 24.3 Å². The molecule has 0 bridgehead atoms. The summed E-state index contributed by atoms with van der Waals surface area (Å²) in [7, 11) is 1.90. The lowest BCUT2D eigenvalue weighted by Crippen LogP contribution is -2.47. The zero-order valence-corrected chi connectivity index (χ0v) is 22.7. The molecular formula is C26H31FN6O2S2. The lowest BCUT2D eigenvalue weighted by Gasteiger charge is -2.50. The van der Waals surface area contributed by atoms with Crippen LogP contribution >= 0.6 is 25.6 Å². The van der Waals surface area contributed by atoms with E-state index in [0.717, 1.165) is 45.3 Å². The summed E-state index contributed by atoms with van der Waals surface area (Å²) < 4.78 is 27.3. The van der Waals surface area contributed by atoms with Gasteiger partial charge < -0.3 is 14.8 Å². The number of nitriles is 1. The van der Waals surface area contributed by atoms with Crippen LogP contribution in [0, 0.1) is 22.6 Å². The highest BCUT2D eigenvalue weighted by atomic mass is 32.2. The van der Waals surface area contributed by atoms with Gasteiger partial charge in [-0.3, -0.25) is 9.36 Å². The van der Waals surface area contributed by atoms with Crippen LogP contribution in [-0.2, 0) is 0 Å². The first-order valence-electron chi connectivity index (χ1n) is 12.2. The third-order valence-corrected chi connectivity index (χ3v) is 8.23. The molecule has 8 nitrogen and oxygen atoms in total. The number of hydrogen-bond acceptors (Lipinski definition) is 8. The largest absolute Gasteiger partial charge is 0.453 e. The molecule has 1 spiro atoms. The normalized spacial score (nSPS) is 16.7. The van der Waals surface area contributed by atoms with E-state index in [9.17, 15) is 14.4 Å². The van der Waals surface area contributed by atoms with E-state index in [1.54, 1.807) is 29.1 Å². The predicted octanol–water partition coefficient (Wildman–Crippen LogP) is 4.94. The van der Waals surface area contributed by atoms with Gasteiger partial charge in [-0.05, 0) is 81.6 Å². The Bertz CT molecular complexity index is 1380. The van der Waals surface area contributed by atoms with Gasteiger partial charge in [0, 0.05) is 24.7 Å². The molecule has 196 valence electrons. The number of piperidine rings is 1. The lowest BCUT2D eigenvalue weighted by molar-refractivity contribution is 0.0270. The molecule has 37 heavy (non-hydrogen) atoms. The summed E-state index contributed by atoms with van der Waals surface area (Å²) >= 11 is 1.30. The molecule has 1 aliphatic heterocycles. The molecule has 1 aliphatic carbocycles. The number of aromatic nitrogens is 2. The lowest BCUT2D eigenvalue weighted by atomic mass is 9.60. The monoisotopic (exact) mass is 542 g/mol. The minimum absolute atomic E-state index is 0. The van der Waals surface area contributed by atoms with Crippen molar-refractivity contribution in [3.05, 3.63) is 58.4 Å². The van der Waals surface area contributed by atoms with Gasteiger partial charge >= 0.3 is 0 Å². The van der Waals surface area contributed by atoms with Crippen molar-refractivity contribution >= 4 is 42.2 Å². The Balaban J connectivity index is 0.00000320. The number of halogens is 1. The number of anilines is 1. The highest BCUT2D eigenvalue weighted by Gasteiger charge is 2.45. The van der Waals surface area contributed by atoms with Crippen LogP contribution < -0.4 is 20.3 Å². The molecule has 0 radical (unpaired) electrons. The molecule has 2 heterocycles. The third-order valence-electron chi connectivity index (χ3n) is 7.35. The van der Waals surface area contributed by atoms with Gasteiger partial charge in [0.2, 0.25) is 0 Å². The van der Waals surface area contributed by atoms with E-state index in [4.69, 9.17) is 4.74 Å². The maximum absolute atomic E-state index is 14.8. The van der Waals surface area contributed by atoms with Crippen molar-refractivity contribution in [3.8, 4) is 17.6 Å². The molecule has 2 fully saturated rings. The number of benzene rings is 2. The first-order valence-corrected chi connectivity index (χ1v) is 13.0. The maximum Gasteiger partial charge on any atom is 0.261 e. The molecule has 1 saturated carbocycles. The smallest absolute Gasteiger partial charge is 0.261 e. The van der Waals surface area contributed by atoms with E-state index in [-0.39, 0.29) is 42.2 Å². The molecule has 5 rings (SSSR count). The second-order valence-corrected chi connectivity index (χ2v) is 10.6. The summed E-state index contributed by atoms with van der Waals surface area (Å²) in [6.07, 6.45) is 5.90. The Morgan fingerprint density at radius 1 is 1.32 bits per heavy atom. The Morgan fingerprint density at radius 3 is 2.78 bits per heavy atom. The molecule has 11 heteroatoms. The molecule has 2 aliphatic rings. The fourth-order valence-electron chi connectivity index (χ4n) is 5.10. The summed E-state index contributed by atoms with van der Waals surface area (Å²) in [5.41, 5.74) is 1.26. The Morgan fingerprint density at radius 2 is 2.08 bits per heavy atom. The Kier molecular flexibility index (Phi) is 8.33. The summed E-state index contributed by atoms with van der Waals surface area (Å²) in [5.74, 6) is -0.567. The molecule has 1 saturated heterocycles. The van der Waals surface area contributed by atoms with E-state index in [2.05, 4.69) is 15.0 Å². The van der Waals surface area contributed by atoms with Gasteiger partial charge in [-0.1, -0.05) is 6.92 Å². The van der Waals surface area contributed by atoms with Crippen LogP contribution in [0.1, 0.15) is 44.2 Å². The molecule has 2 N–H and O–H groups in total. The fraction of sp³-hybridized carbons (Fsp3) is 0.423. The Labute approximate surface area is 226 Å². The molecule has 1 aromatic heterocycles. The van der Waals surface area contributed by atoms with Gasteiger partial charge in [0.15, 0.2) is 11.6 Å². The topological polar surface area (TPSA) is 95.2 Å². The summed E-state index contributed by atoms with van der Waals surface area (Å²) in [5, 5.41) is 13.6. The highest BCUT2D eigenvalue weighted by Crippen LogP contribution is 2.53. The fourth-order valence-corrected chi connectivity index (χ4v) is 5.66. The van der Waals surface area contributed by atoms with Gasteiger partial charge in [-0.2, -0.15) is 18.8 Å². The van der Waals surface area contributed by atoms with Crippen molar-refractivity contribution in [1.29, 1.82) is 5.26 Å². The van der Waals surface area contributed by atoms with Crippen LogP contribution in [0.3, 0.4) is 0 Å². The minimum Gasteiger partial charge on any atom is -0.453 e. The van der Waals surface area contributed by atoms with Gasteiger partial charge in [0.25, 0.3) is 5.56 Å².